The molecule has 1 amide bonds. The van der Waals surface area contributed by atoms with Gasteiger partial charge in [-0.3, -0.25) is 14.4 Å². The molecule has 1 aromatic rings. The van der Waals surface area contributed by atoms with Crippen LogP contribution in [-0.4, -0.2) is 102 Å². The molecule has 0 unspecified atom stereocenters. The molecule has 1 aromatic carbocycles. The number of amides is 1. The van der Waals surface area contributed by atoms with Crippen molar-refractivity contribution in [2.75, 3.05) is 46.2 Å². The third kappa shape index (κ3) is 4.40. The number of hydrogen-bond donors (Lipinski definition) is 7. The van der Waals surface area contributed by atoms with E-state index >= 15 is 0 Å². The number of carbonyl (C=O) groups is 3. The highest BCUT2D eigenvalue weighted by Crippen LogP contribution is 2.52. The van der Waals surface area contributed by atoms with Crippen LogP contribution >= 0.6 is 0 Å². The average molecular weight is 570 g/mol. The Morgan fingerprint density at radius 2 is 1.85 bits per heavy atom. The average Bonchev–Trinajstić information content (AvgIpc) is 2.91. The lowest BCUT2D eigenvalue weighted by atomic mass is 9.58. The fourth-order valence-corrected chi connectivity index (χ4v) is 7.11. The zero-order valence-corrected chi connectivity index (χ0v) is 23.8. The number of nitrogens with two attached hydrogens (primary N) is 1. The molecule has 0 aromatic heterocycles. The highest BCUT2D eigenvalue weighted by atomic mass is 16.3. The van der Waals surface area contributed by atoms with E-state index in [9.17, 15) is 34.8 Å². The summed E-state index contributed by atoms with van der Waals surface area (Å²) in [6.07, 6.45) is 2.21. The van der Waals surface area contributed by atoms with Crippen molar-refractivity contribution < 1.29 is 34.8 Å². The number of hydrogen-bond acceptors (Lipinski definition) is 11. The second kappa shape index (κ2) is 10.4. The number of ketones is 2. The zero-order valence-electron chi connectivity index (χ0n) is 23.8. The number of Topliss-reactive ketones (excluding diaryl/α,β-unsaturated/α-hetero) is 2. The summed E-state index contributed by atoms with van der Waals surface area (Å²) >= 11 is 0. The van der Waals surface area contributed by atoms with E-state index in [0.717, 1.165) is 31.6 Å². The molecule has 41 heavy (non-hydrogen) atoms. The Kier molecular flexibility index (Phi) is 7.39. The molecule has 1 saturated heterocycles. The minimum Gasteiger partial charge on any atom is -0.510 e. The number of likely N-dealkylation sites (N-methyl/N-ethyl adjacent to an activating group) is 1. The molecule has 0 radical (unpaired) electrons. The molecule has 0 spiro atoms. The van der Waals surface area contributed by atoms with Gasteiger partial charge in [0.1, 0.15) is 22.8 Å². The van der Waals surface area contributed by atoms with E-state index in [0.29, 0.717) is 17.7 Å². The predicted molar refractivity (Wildman–Crippen MR) is 151 cm³/mol. The first-order valence-corrected chi connectivity index (χ1v) is 13.9. The minimum atomic E-state index is -2.66. The van der Waals surface area contributed by atoms with Crippen LogP contribution in [0.4, 0.5) is 5.69 Å². The fourth-order valence-electron chi connectivity index (χ4n) is 7.11. The van der Waals surface area contributed by atoms with Crippen LogP contribution in [0.15, 0.2) is 28.7 Å². The number of fused-ring (bicyclic) bond motifs is 3. The van der Waals surface area contributed by atoms with E-state index < -0.39 is 58.0 Å². The molecule has 8 N–H and O–H groups in total. The van der Waals surface area contributed by atoms with E-state index in [1.165, 1.54) is 7.05 Å². The smallest absolute Gasteiger partial charge is 0.255 e. The number of benzene rings is 1. The number of nitrogens with zero attached hydrogens (tertiary/aromatic N) is 2. The lowest BCUT2D eigenvalue weighted by molar-refractivity contribution is -0.146. The maximum atomic E-state index is 14.1. The van der Waals surface area contributed by atoms with Crippen LogP contribution in [-0.2, 0) is 22.6 Å². The van der Waals surface area contributed by atoms with Crippen molar-refractivity contribution in [2.24, 2.45) is 17.6 Å². The highest BCUT2D eigenvalue weighted by molar-refractivity contribution is 6.24. The predicted octanol–water partition coefficient (Wildman–Crippen LogP) is 0.0282. The number of carbonyl (C=O) groups excluding carboxylic acids is 3. The van der Waals surface area contributed by atoms with Gasteiger partial charge in [0, 0.05) is 49.4 Å². The lowest BCUT2D eigenvalue weighted by Gasteiger charge is -2.48. The number of phenolic OH excluding ortho intramolecular Hbond substituents is 1. The number of phenols is 1. The number of piperidine rings is 1. The Balaban J connectivity index is 1.59. The van der Waals surface area contributed by atoms with Crippen molar-refractivity contribution in [2.45, 2.75) is 49.9 Å². The van der Waals surface area contributed by atoms with Gasteiger partial charge in [0.05, 0.1) is 11.6 Å². The van der Waals surface area contributed by atoms with Gasteiger partial charge in [-0.2, -0.15) is 0 Å². The molecule has 1 fully saturated rings. The van der Waals surface area contributed by atoms with Crippen LogP contribution in [0.5, 0.6) is 5.75 Å². The third-order valence-corrected chi connectivity index (χ3v) is 9.35. The molecule has 3 aliphatic carbocycles. The highest BCUT2D eigenvalue weighted by Gasteiger charge is 2.62. The summed E-state index contributed by atoms with van der Waals surface area (Å²) in [4.78, 5) is 43.7. The number of rotatable bonds is 6. The van der Waals surface area contributed by atoms with Crippen LogP contribution < -0.4 is 21.3 Å². The van der Waals surface area contributed by atoms with Crippen molar-refractivity contribution >= 4 is 23.2 Å². The summed E-state index contributed by atoms with van der Waals surface area (Å²) in [5.74, 6) is -6.57. The Morgan fingerprint density at radius 3 is 2.44 bits per heavy atom. The van der Waals surface area contributed by atoms with Crippen molar-refractivity contribution in [3.8, 4) is 5.75 Å². The lowest BCUT2D eigenvalue weighted by Crippen LogP contribution is -2.63. The molecular weight excluding hydrogens is 530 g/mol. The van der Waals surface area contributed by atoms with E-state index in [4.69, 9.17) is 5.73 Å². The maximum absolute atomic E-state index is 14.1. The molecule has 12 nitrogen and oxygen atoms in total. The van der Waals surface area contributed by atoms with E-state index in [1.807, 2.05) is 25.1 Å². The van der Waals surface area contributed by atoms with Gasteiger partial charge in [0.25, 0.3) is 5.91 Å². The summed E-state index contributed by atoms with van der Waals surface area (Å²) in [7, 11) is 7.25. The Bertz CT molecular complexity index is 1380. The summed E-state index contributed by atoms with van der Waals surface area (Å²) < 4.78 is 0. The van der Waals surface area contributed by atoms with Crippen molar-refractivity contribution in [1.29, 1.82) is 0 Å². The molecule has 12 heteroatoms. The molecule has 0 saturated carbocycles. The van der Waals surface area contributed by atoms with E-state index in [1.54, 1.807) is 0 Å². The molecule has 0 bridgehead atoms. The van der Waals surface area contributed by atoms with Crippen LogP contribution in [0.25, 0.3) is 0 Å². The molecule has 222 valence electrons. The molecular formula is C29H39N5O7. The van der Waals surface area contributed by atoms with Crippen LogP contribution in [0.3, 0.4) is 0 Å². The maximum Gasteiger partial charge on any atom is 0.255 e. The van der Waals surface area contributed by atoms with Crippen LogP contribution in [0, 0.1) is 11.8 Å². The normalized spacial score (nSPS) is 28.9. The van der Waals surface area contributed by atoms with Gasteiger partial charge in [0.15, 0.2) is 11.4 Å². The number of aliphatic hydroxyl groups excluding tert-OH is 2. The molecule has 1 aliphatic heterocycles. The number of primary amides is 1. The van der Waals surface area contributed by atoms with Gasteiger partial charge < -0.3 is 46.6 Å². The van der Waals surface area contributed by atoms with Crippen LogP contribution in [0.1, 0.15) is 40.7 Å². The number of likely N-dealkylation sites (tertiary alicyclic amines) is 1. The molecule has 4 aliphatic rings. The Hall–Kier alpha value is -3.45. The summed E-state index contributed by atoms with van der Waals surface area (Å²) in [6.45, 7) is 2.26. The fraction of sp³-hybridized carbons (Fsp3) is 0.552. The number of aromatic hydroxyl groups is 1. The molecule has 5 rings (SSSR count). The first-order chi connectivity index (χ1) is 19.3. The topological polar surface area (TPSA) is 189 Å². The number of anilines is 1. The standard InChI is InChI=1S/C29H39N5O7/c1-31-22-17-10-13-9-16-18(33(2)3)11-14(12-32-15-5-7-34(4)8-6-15)23(35)20(16)24(36)19(13)26(38)29(17,41)27(39)21(25(22)37)28(30)40/h11,13,15,17,22,31-32,35,37-38,41H,5-10,12H2,1-4H3,(H2,30,40)/t13-,17-,22-,29-/m0/s1. The number of allylic oxidation sites excluding steroid dienone is 1. The van der Waals surface area contributed by atoms with Crippen molar-refractivity contribution in [1.82, 2.24) is 15.5 Å². The first kappa shape index (κ1) is 29.1. The second-order valence-corrected chi connectivity index (χ2v) is 11.9. The second-order valence-electron chi connectivity index (χ2n) is 11.9. The zero-order chi connectivity index (χ0) is 30.0. The summed E-state index contributed by atoms with van der Waals surface area (Å²) in [5.41, 5.74) is 3.61. The summed E-state index contributed by atoms with van der Waals surface area (Å²) in [6, 6.07) is 1.06. The van der Waals surface area contributed by atoms with E-state index in [-0.39, 0.29) is 35.8 Å². The molecule has 4 atom stereocenters. The Labute approximate surface area is 238 Å². The molecule has 1 heterocycles. The van der Waals surface area contributed by atoms with Gasteiger partial charge in [-0.1, -0.05) is 0 Å². The van der Waals surface area contributed by atoms with Crippen molar-refractivity contribution in [3.63, 3.8) is 0 Å². The third-order valence-electron chi connectivity index (χ3n) is 9.35. The van der Waals surface area contributed by atoms with Gasteiger partial charge in [-0.05, 0) is 70.4 Å². The minimum absolute atomic E-state index is 0.0261. The van der Waals surface area contributed by atoms with Gasteiger partial charge in [-0.25, -0.2) is 0 Å². The van der Waals surface area contributed by atoms with E-state index in [2.05, 4.69) is 22.6 Å². The SMILES string of the molecule is CN[C@@H]1C(O)=C(C(N)=O)C(=O)[C@@]2(O)C(O)=C3C(=O)c4c(O)c(CNC5CCN(C)CC5)cc(N(C)C)c4C[C@H]3C[C@@H]12. The monoisotopic (exact) mass is 569 g/mol. The largest absolute Gasteiger partial charge is 0.510 e. The van der Waals surface area contributed by atoms with Gasteiger partial charge in [0.2, 0.25) is 5.78 Å². The Morgan fingerprint density at radius 1 is 1.20 bits per heavy atom. The number of aliphatic hydroxyl groups is 3. The van der Waals surface area contributed by atoms with Crippen molar-refractivity contribution in [3.05, 3.63) is 45.4 Å². The summed E-state index contributed by atoms with van der Waals surface area (Å²) in [5, 5.41) is 51.6. The van der Waals surface area contributed by atoms with Gasteiger partial charge in [-0.15, -0.1) is 0 Å². The quantitative estimate of drug-likeness (QED) is 0.229. The first-order valence-electron chi connectivity index (χ1n) is 13.9. The van der Waals surface area contributed by atoms with Gasteiger partial charge >= 0.3 is 0 Å². The van der Waals surface area contributed by atoms with Crippen LogP contribution in [0.2, 0.25) is 0 Å². The number of nitrogens with one attached hydrogen (secondary N) is 2.